The minimum absolute atomic E-state index is 0.148. The van der Waals surface area contributed by atoms with Gasteiger partial charge in [-0.25, -0.2) is 14.4 Å². The van der Waals surface area contributed by atoms with Crippen molar-refractivity contribution in [3.05, 3.63) is 64.3 Å². The number of hydrogen-bond acceptors (Lipinski definition) is 7. The lowest BCUT2D eigenvalue weighted by Crippen LogP contribution is -2.24. The Morgan fingerprint density at radius 2 is 2.03 bits per heavy atom. The Hall–Kier alpha value is -4.00. The van der Waals surface area contributed by atoms with Gasteiger partial charge in [-0.1, -0.05) is 11.1 Å². The Morgan fingerprint density at radius 1 is 1.25 bits per heavy atom. The van der Waals surface area contributed by atoms with Crippen molar-refractivity contribution in [1.82, 2.24) is 29.2 Å². The molecule has 2 aliphatic rings. The molecule has 0 N–H and O–H groups in total. The first-order valence-corrected chi connectivity index (χ1v) is 10.2. The molecule has 0 bridgehead atoms. The highest BCUT2D eigenvalue weighted by molar-refractivity contribution is 5.68. The normalized spacial score (nSPS) is 21.7. The molecule has 3 aromatic heterocycles. The molecule has 6 rings (SSSR count). The van der Waals surface area contributed by atoms with Crippen LogP contribution in [-0.4, -0.2) is 42.3 Å². The predicted octanol–water partition coefficient (Wildman–Crippen LogP) is 1.53. The van der Waals surface area contributed by atoms with E-state index in [4.69, 9.17) is 10.9 Å². The number of hydrogen-bond donors (Lipinski definition) is 0. The minimum Gasteiger partial charge on any atom is -0.371 e. The summed E-state index contributed by atoms with van der Waals surface area (Å²) < 4.78 is 22.5. The first-order chi connectivity index (χ1) is 15.5. The molecule has 0 radical (unpaired) electrons. The monoisotopic (exact) mass is 431 g/mol. The number of rotatable bonds is 4. The van der Waals surface area contributed by atoms with Gasteiger partial charge in [0.1, 0.15) is 18.7 Å². The summed E-state index contributed by atoms with van der Waals surface area (Å²) in [6, 6.07) is 4.98. The number of nitrogens with zero attached hydrogens (tertiary/aromatic N) is 7. The van der Waals surface area contributed by atoms with Crippen molar-refractivity contribution >= 4 is 16.9 Å². The molecule has 3 atom stereocenters. The third kappa shape index (κ3) is 2.81. The van der Waals surface area contributed by atoms with Crippen LogP contribution < -0.4 is 10.5 Å². The Kier molecular flexibility index (Phi) is 3.95. The lowest BCUT2D eigenvalue weighted by Gasteiger charge is -2.21. The minimum atomic E-state index is -0.376. The van der Waals surface area contributed by atoms with Crippen molar-refractivity contribution in [3.63, 3.8) is 0 Å². The molecule has 1 saturated heterocycles. The Labute approximate surface area is 181 Å². The molecule has 1 aliphatic carbocycles. The maximum absolute atomic E-state index is 14.0. The van der Waals surface area contributed by atoms with Gasteiger partial charge >= 0.3 is 0 Å². The standard InChI is InChI=1S/C22H18FN7O2/c1-3-12-4-5-13(6-16(12)23)29-7-14-15(8-29)18(14)20-26-17(32-27-20)9-30-11-25-21-19(22(30)31)28(2)10-24-21/h1,4-6,10-11,14-15,18H,7-9H2,2H3/t14-,15+,18?. The van der Waals surface area contributed by atoms with Gasteiger partial charge in [-0.3, -0.25) is 9.36 Å². The van der Waals surface area contributed by atoms with Crippen LogP contribution in [0.4, 0.5) is 10.1 Å². The highest BCUT2D eigenvalue weighted by Gasteiger charge is 2.58. The quantitative estimate of drug-likeness (QED) is 0.452. The van der Waals surface area contributed by atoms with Crippen molar-refractivity contribution in [2.75, 3.05) is 18.0 Å². The van der Waals surface area contributed by atoms with Gasteiger partial charge in [0.05, 0.1) is 11.9 Å². The van der Waals surface area contributed by atoms with Gasteiger partial charge in [-0.2, -0.15) is 4.98 Å². The number of terminal acetylenes is 1. The number of benzene rings is 1. The van der Waals surface area contributed by atoms with E-state index in [2.05, 4.69) is 30.9 Å². The highest BCUT2D eigenvalue weighted by atomic mass is 19.1. The van der Waals surface area contributed by atoms with Gasteiger partial charge in [0.2, 0.25) is 5.89 Å². The van der Waals surface area contributed by atoms with Gasteiger partial charge in [-0.15, -0.1) is 6.42 Å². The molecule has 4 aromatic rings. The van der Waals surface area contributed by atoms with Crippen LogP contribution in [0.3, 0.4) is 0 Å². The second-order valence-electron chi connectivity index (χ2n) is 8.32. The van der Waals surface area contributed by atoms with Crippen molar-refractivity contribution < 1.29 is 8.91 Å². The number of halogens is 1. The molecule has 4 heterocycles. The molecule has 9 nitrogen and oxygen atoms in total. The fraction of sp³-hybridized carbons (Fsp3) is 0.318. The van der Waals surface area contributed by atoms with E-state index in [9.17, 15) is 9.18 Å². The maximum atomic E-state index is 14.0. The molecule has 32 heavy (non-hydrogen) atoms. The molecule has 1 unspecified atom stereocenters. The number of piperidine rings is 1. The van der Waals surface area contributed by atoms with E-state index in [1.165, 1.54) is 17.0 Å². The lowest BCUT2D eigenvalue weighted by molar-refractivity contribution is 0.363. The van der Waals surface area contributed by atoms with Crippen LogP contribution in [0.15, 0.2) is 40.2 Å². The first kappa shape index (κ1) is 18.7. The smallest absolute Gasteiger partial charge is 0.280 e. The molecule has 10 heteroatoms. The summed E-state index contributed by atoms with van der Waals surface area (Å²) in [6.07, 6.45) is 8.30. The summed E-state index contributed by atoms with van der Waals surface area (Å²) in [5, 5.41) is 4.15. The molecule has 2 fully saturated rings. The molecule has 1 saturated carbocycles. The van der Waals surface area contributed by atoms with Crippen LogP contribution in [0.1, 0.15) is 23.2 Å². The average molecular weight is 431 g/mol. The fourth-order valence-corrected chi connectivity index (χ4v) is 4.74. The average Bonchev–Trinajstić information content (AvgIpc) is 3.21. The van der Waals surface area contributed by atoms with Gasteiger partial charge in [0.25, 0.3) is 5.56 Å². The van der Waals surface area contributed by atoms with Gasteiger partial charge in [-0.05, 0) is 30.0 Å². The Bertz CT molecular complexity index is 1450. The second kappa shape index (κ2) is 6.75. The van der Waals surface area contributed by atoms with Crippen LogP contribution in [0.2, 0.25) is 0 Å². The third-order valence-electron chi connectivity index (χ3n) is 6.46. The topological polar surface area (TPSA) is 94.9 Å². The van der Waals surface area contributed by atoms with Crippen molar-refractivity contribution in [3.8, 4) is 12.3 Å². The predicted molar refractivity (Wildman–Crippen MR) is 112 cm³/mol. The van der Waals surface area contributed by atoms with Crippen molar-refractivity contribution in [2.24, 2.45) is 18.9 Å². The van der Waals surface area contributed by atoms with E-state index in [-0.39, 0.29) is 29.4 Å². The largest absolute Gasteiger partial charge is 0.371 e. The summed E-state index contributed by atoms with van der Waals surface area (Å²) in [5.41, 5.74) is 1.72. The van der Waals surface area contributed by atoms with E-state index >= 15 is 0 Å². The van der Waals surface area contributed by atoms with Crippen LogP contribution >= 0.6 is 0 Å². The first-order valence-electron chi connectivity index (χ1n) is 10.2. The van der Waals surface area contributed by atoms with Crippen LogP contribution in [0.25, 0.3) is 11.2 Å². The highest BCUT2D eigenvalue weighted by Crippen LogP contribution is 2.57. The number of anilines is 1. The molecular weight excluding hydrogens is 413 g/mol. The second-order valence-corrected chi connectivity index (χ2v) is 8.32. The SMILES string of the molecule is C#Cc1ccc(N2C[C@@H]3C(c4noc(Cn5cnc6ncn(C)c6c5=O)n4)[C@@H]3C2)cc1F. The molecular formula is C22H18FN7O2. The third-order valence-corrected chi connectivity index (χ3v) is 6.46. The maximum Gasteiger partial charge on any atom is 0.280 e. The number of fused-ring (bicyclic) bond motifs is 2. The van der Waals surface area contributed by atoms with Gasteiger partial charge < -0.3 is 14.0 Å². The summed E-state index contributed by atoms with van der Waals surface area (Å²) in [4.78, 5) is 27.7. The zero-order chi connectivity index (χ0) is 22.0. The van der Waals surface area contributed by atoms with Crippen LogP contribution in [-0.2, 0) is 13.6 Å². The van der Waals surface area contributed by atoms with Crippen molar-refractivity contribution in [1.29, 1.82) is 0 Å². The van der Waals surface area contributed by atoms with Gasteiger partial charge in [0, 0.05) is 31.7 Å². The zero-order valence-corrected chi connectivity index (χ0v) is 17.1. The van der Waals surface area contributed by atoms with E-state index in [0.717, 1.165) is 18.8 Å². The molecule has 1 aromatic carbocycles. The fourth-order valence-electron chi connectivity index (χ4n) is 4.74. The summed E-state index contributed by atoms with van der Waals surface area (Å²) in [7, 11) is 1.75. The Balaban J connectivity index is 1.15. The van der Waals surface area contributed by atoms with Gasteiger partial charge in [0.15, 0.2) is 17.0 Å². The van der Waals surface area contributed by atoms with E-state index < -0.39 is 0 Å². The van der Waals surface area contributed by atoms with E-state index in [1.54, 1.807) is 24.0 Å². The summed E-state index contributed by atoms with van der Waals surface area (Å²) in [5.74, 6) is 3.99. The molecule has 160 valence electrons. The number of aryl methyl sites for hydroxylation is 1. The molecule has 0 spiro atoms. The summed E-state index contributed by atoms with van der Waals surface area (Å²) in [6.45, 7) is 1.75. The van der Waals surface area contributed by atoms with E-state index in [0.29, 0.717) is 34.7 Å². The van der Waals surface area contributed by atoms with Crippen molar-refractivity contribution in [2.45, 2.75) is 12.5 Å². The Morgan fingerprint density at radius 3 is 2.78 bits per heavy atom. The number of aromatic nitrogens is 6. The van der Waals surface area contributed by atoms with E-state index in [1.807, 2.05) is 6.07 Å². The molecule has 1 aliphatic heterocycles. The summed E-state index contributed by atoms with van der Waals surface area (Å²) >= 11 is 0. The number of imidazole rings is 1. The lowest BCUT2D eigenvalue weighted by atomic mass is 10.1. The van der Waals surface area contributed by atoms with Crippen LogP contribution in [0, 0.1) is 30.0 Å². The van der Waals surface area contributed by atoms with Crippen LogP contribution in [0.5, 0.6) is 0 Å². The zero-order valence-electron chi connectivity index (χ0n) is 17.1. The molecule has 0 amide bonds.